The maximum Gasteiger partial charge on any atom is 0.246 e. The first kappa shape index (κ1) is 14.3. The molecule has 0 unspecified atom stereocenters. The summed E-state index contributed by atoms with van der Waals surface area (Å²) in [4.78, 5) is 0.0428. The number of nitrogen functional groups attached to an aromatic ring is 1. The summed E-state index contributed by atoms with van der Waals surface area (Å²) in [5.74, 6) is 0. The van der Waals surface area contributed by atoms with Gasteiger partial charge in [0.2, 0.25) is 10.0 Å². The highest BCUT2D eigenvalue weighted by atomic mass is 79.9. The first-order valence-electron chi connectivity index (χ1n) is 5.10. The first-order chi connectivity index (χ1) is 8.13. The van der Waals surface area contributed by atoms with Crippen LogP contribution in [-0.2, 0) is 10.0 Å². The summed E-state index contributed by atoms with van der Waals surface area (Å²) in [5.41, 5.74) is 4.98. The van der Waals surface area contributed by atoms with Gasteiger partial charge in [-0.2, -0.15) is 4.31 Å². The molecule has 18 heavy (non-hydrogen) atoms. The summed E-state index contributed by atoms with van der Waals surface area (Å²) in [6.07, 6.45) is 0. The molecule has 0 aliphatic carbocycles. The van der Waals surface area contributed by atoms with Gasteiger partial charge in [-0.15, -0.1) is 0 Å². The Hall–Kier alpha value is -0.150. The first-order valence-corrected chi connectivity index (χ1v) is 8.13. The third-order valence-corrected chi connectivity index (χ3v) is 5.92. The van der Waals surface area contributed by atoms with Gasteiger partial charge in [-0.05, 0) is 35.0 Å². The Morgan fingerprint density at radius 3 is 2.39 bits per heavy atom. The molecule has 1 saturated heterocycles. The summed E-state index contributed by atoms with van der Waals surface area (Å²) in [5, 5.41) is 9.62. The number of hydrogen-bond donors (Lipinski definition) is 2. The van der Waals surface area contributed by atoms with Crippen LogP contribution < -0.4 is 5.73 Å². The molecule has 0 radical (unpaired) electrons. The number of hydrogen-bond acceptors (Lipinski definition) is 4. The van der Waals surface area contributed by atoms with Gasteiger partial charge in [-0.1, -0.05) is 15.9 Å². The van der Waals surface area contributed by atoms with Gasteiger partial charge < -0.3 is 10.8 Å². The molecule has 100 valence electrons. The molecule has 1 aliphatic heterocycles. The van der Waals surface area contributed by atoms with Crippen molar-refractivity contribution in [3.05, 3.63) is 21.1 Å². The molecule has 1 aromatic rings. The fraction of sp³-hybridized carbons (Fsp3) is 0.400. The van der Waals surface area contributed by atoms with E-state index in [0.29, 0.717) is 8.95 Å². The van der Waals surface area contributed by atoms with E-state index < -0.39 is 15.6 Å². The summed E-state index contributed by atoms with van der Waals surface area (Å²) in [7, 11) is -3.67. The second kappa shape index (κ2) is 4.45. The van der Waals surface area contributed by atoms with E-state index in [1.807, 2.05) is 0 Å². The van der Waals surface area contributed by atoms with Crippen LogP contribution in [0.25, 0.3) is 0 Å². The van der Waals surface area contributed by atoms with E-state index in [9.17, 15) is 13.5 Å². The average molecular weight is 400 g/mol. The van der Waals surface area contributed by atoms with Crippen molar-refractivity contribution >= 4 is 47.6 Å². The van der Waals surface area contributed by atoms with Crippen LogP contribution in [0.3, 0.4) is 0 Å². The summed E-state index contributed by atoms with van der Waals surface area (Å²) < 4.78 is 27.0. The lowest BCUT2D eigenvalue weighted by atomic mass is 10.0. The van der Waals surface area contributed by atoms with Crippen LogP contribution in [0.2, 0.25) is 0 Å². The van der Waals surface area contributed by atoms with Gasteiger partial charge >= 0.3 is 0 Å². The molecule has 1 fully saturated rings. The van der Waals surface area contributed by atoms with Crippen LogP contribution in [0.5, 0.6) is 0 Å². The average Bonchev–Trinajstić information content (AvgIpc) is 2.11. The Kier molecular flexibility index (Phi) is 3.52. The van der Waals surface area contributed by atoms with Crippen LogP contribution in [0.15, 0.2) is 26.0 Å². The predicted molar refractivity (Wildman–Crippen MR) is 75.6 cm³/mol. The van der Waals surface area contributed by atoms with E-state index in [1.165, 1.54) is 10.4 Å². The lowest BCUT2D eigenvalue weighted by Gasteiger charge is -2.43. The Morgan fingerprint density at radius 2 is 1.94 bits per heavy atom. The molecule has 1 aliphatic rings. The van der Waals surface area contributed by atoms with Crippen molar-refractivity contribution in [3.8, 4) is 0 Å². The van der Waals surface area contributed by atoms with Crippen molar-refractivity contribution in [1.29, 1.82) is 0 Å². The molecule has 5 nitrogen and oxygen atoms in total. The number of rotatable bonds is 2. The van der Waals surface area contributed by atoms with Crippen LogP contribution in [0, 0.1) is 0 Å². The van der Waals surface area contributed by atoms with Gasteiger partial charge in [0.25, 0.3) is 0 Å². The van der Waals surface area contributed by atoms with Crippen molar-refractivity contribution in [2.45, 2.75) is 17.4 Å². The van der Waals surface area contributed by atoms with Crippen LogP contribution in [0.1, 0.15) is 6.92 Å². The van der Waals surface area contributed by atoms with Crippen molar-refractivity contribution in [2.75, 3.05) is 18.8 Å². The minimum absolute atomic E-state index is 0.0428. The Labute approximate surface area is 122 Å². The molecule has 3 N–H and O–H groups in total. The highest BCUT2D eigenvalue weighted by Gasteiger charge is 2.45. The number of aliphatic hydroxyl groups is 1. The highest BCUT2D eigenvalue weighted by Crippen LogP contribution is 2.36. The molecular formula is C10H12Br2N2O3S. The number of anilines is 1. The maximum absolute atomic E-state index is 12.3. The van der Waals surface area contributed by atoms with E-state index in [-0.39, 0.29) is 23.7 Å². The quantitative estimate of drug-likeness (QED) is 0.739. The summed E-state index contributed by atoms with van der Waals surface area (Å²) >= 11 is 6.45. The Balaban J connectivity index is 2.44. The standard InChI is InChI=1S/C10H12Br2N2O3S/c1-10(15)4-14(5-10)18(16,17)9-7(12)2-6(11)3-8(9)13/h2-3,15H,4-5,13H2,1H3. The lowest BCUT2D eigenvalue weighted by molar-refractivity contribution is -0.0426. The topological polar surface area (TPSA) is 83.6 Å². The third-order valence-electron chi connectivity index (χ3n) is 2.67. The molecular weight excluding hydrogens is 388 g/mol. The molecule has 1 heterocycles. The molecule has 0 bridgehead atoms. The van der Waals surface area contributed by atoms with Gasteiger partial charge in [-0.25, -0.2) is 8.42 Å². The van der Waals surface area contributed by atoms with E-state index in [2.05, 4.69) is 31.9 Å². The summed E-state index contributed by atoms with van der Waals surface area (Å²) in [6.45, 7) is 1.76. The lowest BCUT2D eigenvalue weighted by Crippen LogP contribution is -2.61. The Morgan fingerprint density at radius 1 is 1.39 bits per heavy atom. The SMILES string of the molecule is CC1(O)CN(S(=O)(=O)c2c(N)cc(Br)cc2Br)C1. The molecule has 0 saturated carbocycles. The smallest absolute Gasteiger partial charge is 0.246 e. The molecule has 1 aromatic carbocycles. The van der Waals surface area contributed by atoms with Gasteiger partial charge in [-0.3, -0.25) is 0 Å². The van der Waals surface area contributed by atoms with Crippen molar-refractivity contribution in [1.82, 2.24) is 4.31 Å². The molecule has 2 rings (SSSR count). The van der Waals surface area contributed by atoms with E-state index >= 15 is 0 Å². The second-order valence-corrected chi connectivity index (χ2v) is 8.22. The number of sulfonamides is 1. The number of nitrogens with zero attached hydrogens (tertiary/aromatic N) is 1. The van der Waals surface area contributed by atoms with Crippen LogP contribution >= 0.6 is 31.9 Å². The Bertz CT molecular complexity index is 570. The summed E-state index contributed by atoms with van der Waals surface area (Å²) in [6, 6.07) is 3.16. The monoisotopic (exact) mass is 398 g/mol. The minimum atomic E-state index is -3.67. The van der Waals surface area contributed by atoms with Gasteiger partial charge in [0.1, 0.15) is 4.90 Å². The second-order valence-electron chi connectivity index (χ2n) is 4.58. The van der Waals surface area contributed by atoms with Gasteiger partial charge in [0.05, 0.1) is 11.3 Å². The molecule has 0 amide bonds. The van der Waals surface area contributed by atoms with Crippen LogP contribution in [-0.4, -0.2) is 36.5 Å². The molecule has 0 atom stereocenters. The molecule has 0 spiro atoms. The minimum Gasteiger partial charge on any atom is -0.398 e. The van der Waals surface area contributed by atoms with E-state index in [1.54, 1.807) is 13.0 Å². The predicted octanol–water partition coefficient (Wildman–Crippen LogP) is 1.55. The molecule has 0 aromatic heterocycles. The molecule has 8 heteroatoms. The zero-order valence-corrected chi connectivity index (χ0v) is 13.5. The van der Waals surface area contributed by atoms with Crippen molar-refractivity contribution < 1.29 is 13.5 Å². The number of benzene rings is 1. The zero-order valence-electron chi connectivity index (χ0n) is 9.52. The van der Waals surface area contributed by atoms with Crippen molar-refractivity contribution in [2.24, 2.45) is 0 Å². The highest BCUT2D eigenvalue weighted by molar-refractivity contribution is 9.11. The van der Waals surface area contributed by atoms with E-state index in [0.717, 1.165) is 0 Å². The third kappa shape index (κ3) is 2.44. The largest absolute Gasteiger partial charge is 0.398 e. The number of β-amino-alcohol motifs (C(OH)–C–C–N with tert-alkyl or cyclic N) is 1. The van der Waals surface area contributed by atoms with Gasteiger partial charge in [0, 0.05) is 22.0 Å². The fourth-order valence-electron chi connectivity index (χ4n) is 1.86. The number of nitrogens with two attached hydrogens (primary N) is 1. The van der Waals surface area contributed by atoms with E-state index in [4.69, 9.17) is 5.73 Å². The van der Waals surface area contributed by atoms with Crippen molar-refractivity contribution in [3.63, 3.8) is 0 Å². The van der Waals surface area contributed by atoms with Gasteiger partial charge in [0.15, 0.2) is 0 Å². The normalized spacial score (nSPS) is 19.6. The van der Waals surface area contributed by atoms with Crippen LogP contribution in [0.4, 0.5) is 5.69 Å². The zero-order chi connectivity index (χ0) is 13.7. The maximum atomic E-state index is 12.3. The number of halogens is 2. The fourth-order valence-corrected chi connectivity index (χ4v) is 5.55.